The van der Waals surface area contributed by atoms with Crippen LogP contribution in [-0.2, 0) is 11.3 Å². The molecule has 2 saturated heterocycles. The number of nitrogens with zero attached hydrogens (tertiary/aromatic N) is 2. The number of pyridine rings is 1. The van der Waals surface area contributed by atoms with Crippen LogP contribution in [0.15, 0.2) is 18.3 Å². The van der Waals surface area contributed by atoms with Crippen LogP contribution in [0.1, 0.15) is 44.1 Å². The molecule has 0 aromatic carbocycles. The summed E-state index contributed by atoms with van der Waals surface area (Å²) in [5.41, 5.74) is 1.07. The van der Waals surface area contributed by atoms with Crippen LogP contribution in [0, 0.1) is 5.92 Å². The van der Waals surface area contributed by atoms with E-state index in [1.807, 2.05) is 6.20 Å². The molecule has 2 N–H and O–H groups in total. The molecule has 5 nitrogen and oxygen atoms in total. The van der Waals surface area contributed by atoms with Gasteiger partial charge in [-0.15, -0.1) is 12.4 Å². The van der Waals surface area contributed by atoms with Gasteiger partial charge in [-0.25, -0.2) is 4.98 Å². The lowest BCUT2D eigenvalue weighted by molar-refractivity contribution is -0.125. The van der Waals surface area contributed by atoms with E-state index in [-0.39, 0.29) is 24.2 Å². The fraction of sp³-hybridized carbons (Fsp3) is 0.667. The fourth-order valence-electron chi connectivity index (χ4n) is 3.43. The average Bonchev–Trinajstić information content (AvgIpc) is 2.90. The largest absolute Gasteiger partial charge is 0.357 e. The Morgan fingerprint density at radius 3 is 2.50 bits per heavy atom. The Hall–Kier alpha value is -1.33. The van der Waals surface area contributed by atoms with Crippen molar-refractivity contribution in [3.05, 3.63) is 23.9 Å². The van der Waals surface area contributed by atoms with Gasteiger partial charge in [0.15, 0.2) is 0 Å². The van der Waals surface area contributed by atoms with Crippen molar-refractivity contribution in [3.63, 3.8) is 0 Å². The summed E-state index contributed by atoms with van der Waals surface area (Å²) in [6, 6.07) is 4.19. The maximum absolute atomic E-state index is 12.2. The molecule has 0 radical (unpaired) electrons. The fourth-order valence-corrected chi connectivity index (χ4v) is 3.43. The molecule has 1 aromatic heterocycles. The van der Waals surface area contributed by atoms with E-state index in [0.717, 1.165) is 50.4 Å². The molecule has 134 valence electrons. The lowest BCUT2D eigenvalue weighted by Crippen LogP contribution is -2.37. The second-order valence-electron chi connectivity index (χ2n) is 6.67. The highest BCUT2D eigenvalue weighted by atomic mass is 35.5. The van der Waals surface area contributed by atoms with Crippen molar-refractivity contribution in [1.29, 1.82) is 0 Å². The summed E-state index contributed by atoms with van der Waals surface area (Å²) in [5, 5.41) is 6.35. The van der Waals surface area contributed by atoms with E-state index in [1.54, 1.807) is 0 Å². The monoisotopic (exact) mass is 352 g/mol. The van der Waals surface area contributed by atoms with Gasteiger partial charge in [0.25, 0.3) is 0 Å². The van der Waals surface area contributed by atoms with E-state index in [2.05, 4.69) is 32.7 Å². The first-order chi connectivity index (χ1) is 11.3. The Kier molecular flexibility index (Phi) is 7.79. The molecule has 0 aliphatic carbocycles. The summed E-state index contributed by atoms with van der Waals surface area (Å²) in [4.78, 5) is 19.1. The van der Waals surface area contributed by atoms with Gasteiger partial charge in [0, 0.05) is 31.7 Å². The number of aromatic nitrogens is 1. The summed E-state index contributed by atoms with van der Waals surface area (Å²) in [6.45, 7) is 4.70. The number of piperidine rings is 1. The molecule has 2 fully saturated rings. The van der Waals surface area contributed by atoms with Crippen LogP contribution < -0.4 is 15.5 Å². The Morgan fingerprint density at radius 1 is 1.17 bits per heavy atom. The zero-order valence-electron chi connectivity index (χ0n) is 14.3. The summed E-state index contributed by atoms with van der Waals surface area (Å²) in [7, 11) is 0. The molecular formula is C18H29ClN4O. The van der Waals surface area contributed by atoms with Crippen molar-refractivity contribution >= 4 is 24.1 Å². The van der Waals surface area contributed by atoms with Crippen LogP contribution in [0.2, 0.25) is 0 Å². The SMILES string of the molecule is Cl.O=C(NCc1ccc(N2CCCCCC2)nc1)C1CCNCC1. The van der Waals surface area contributed by atoms with Crippen LogP contribution in [0.3, 0.4) is 0 Å². The van der Waals surface area contributed by atoms with Gasteiger partial charge in [-0.05, 0) is 50.4 Å². The molecule has 1 aromatic rings. The molecule has 24 heavy (non-hydrogen) atoms. The number of carbonyl (C=O) groups is 1. The molecule has 2 aliphatic rings. The predicted octanol–water partition coefficient (Wildman–Crippen LogP) is 2.50. The molecule has 3 rings (SSSR count). The predicted molar refractivity (Wildman–Crippen MR) is 99.6 cm³/mol. The van der Waals surface area contributed by atoms with Gasteiger partial charge in [-0.2, -0.15) is 0 Å². The van der Waals surface area contributed by atoms with Crippen LogP contribution in [0.5, 0.6) is 0 Å². The van der Waals surface area contributed by atoms with Gasteiger partial charge < -0.3 is 15.5 Å². The highest BCUT2D eigenvalue weighted by Crippen LogP contribution is 2.17. The summed E-state index contributed by atoms with van der Waals surface area (Å²) in [6.07, 6.45) is 8.97. The number of amides is 1. The third-order valence-corrected chi connectivity index (χ3v) is 4.92. The zero-order valence-corrected chi connectivity index (χ0v) is 15.1. The minimum Gasteiger partial charge on any atom is -0.357 e. The summed E-state index contributed by atoms with van der Waals surface area (Å²) < 4.78 is 0. The Bertz CT molecular complexity index is 494. The molecule has 0 bridgehead atoms. The Labute approximate surface area is 151 Å². The molecule has 0 atom stereocenters. The molecule has 6 heteroatoms. The van der Waals surface area contributed by atoms with Crippen molar-refractivity contribution in [3.8, 4) is 0 Å². The summed E-state index contributed by atoms with van der Waals surface area (Å²) in [5.74, 6) is 1.42. The molecule has 0 spiro atoms. The Balaban J connectivity index is 0.00000208. The van der Waals surface area contributed by atoms with Crippen LogP contribution in [0.25, 0.3) is 0 Å². The van der Waals surface area contributed by atoms with E-state index in [0.29, 0.717) is 6.54 Å². The smallest absolute Gasteiger partial charge is 0.223 e. The highest BCUT2D eigenvalue weighted by molar-refractivity contribution is 5.85. The second-order valence-corrected chi connectivity index (χ2v) is 6.67. The number of hydrogen-bond acceptors (Lipinski definition) is 4. The number of carbonyl (C=O) groups excluding carboxylic acids is 1. The van der Waals surface area contributed by atoms with Crippen molar-refractivity contribution in [2.45, 2.75) is 45.1 Å². The van der Waals surface area contributed by atoms with Gasteiger partial charge in [-0.3, -0.25) is 4.79 Å². The van der Waals surface area contributed by atoms with Crippen molar-refractivity contribution in [1.82, 2.24) is 15.6 Å². The van der Waals surface area contributed by atoms with E-state index in [4.69, 9.17) is 0 Å². The van der Waals surface area contributed by atoms with Crippen LogP contribution in [-0.4, -0.2) is 37.1 Å². The first-order valence-corrected chi connectivity index (χ1v) is 9.01. The van der Waals surface area contributed by atoms with E-state index < -0.39 is 0 Å². The maximum atomic E-state index is 12.2. The first kappa shape index (κ1) is 19.0. The Morgan fingerprint density at radius 2 is 1.88 bits per heavy atom. The highest BCUT2D eigenvalue weighted by Gasteiger charge is 2.20. The topological polar surface area (TPSA) is 57.3 Å². The van der Waals surface area contributed by atoms with Crippen LogP contribution in [0.4, 0.5) is 5.82 Å². The third kappa shape index (κ3) is 5.35. The van der Waals surface area contributed by atoms with Gasteiger partial charge in [0.1, 0.15) is 5.82 Å². The van der Waals surface area contributed by atoms with Gasteiger partial charge in [0.05, 0.1) is 0 Å². The minimum atomic E-state index is 0. The first-order valence-electron chi connectivity index (χ1n) is 9.01. The standard InChI is InChI=1S/C18H28N4O.ClH/c23-18(16-7-9-19-10-8-16)21-14-15-5-6-17(20-13-15)22-11-3-1-2-4-12-22;/h5-6,13,16,19H,1-4,7-12,14H2,(H,21,23);1H. The molecule has 0 saturated carbocycles. The quantitative estimate of drug-likeness (QED) is 0.874. The van der Waals surface area contributed by atoms with Crippen molar-refractivity contribution in [2.75, 3.05) is 31.1 Å². The number of halogens is 1. The molecule has 3 heterocycles. The third-order valence-electron chi connectivity index (χ3n) is 4.92. The van der Waals surface area contributed by atoms with E-state index >= 15 is 0 Å². The van der Waals surface area contributed by atoms with Crippen molar-refractivity contribution in [2.24, 2.45) is 5.92 Å². The van der Waals surface area contributed by atoms with Gasteiger partial charge in [0.2, 0.25) is 5.91 Å². The normalized spacial score (nSPS) is 19.2. The number of hydrogen-bond donors (Lipinski definition) is 2. The number of anilines is 1. The maximum Gasteiger partial charge on any atom is 0.223 e. The minimum absolute atomic E-state index is 0. The van der Waals surface area contributed by atoms with E-state index in [1.165, 1.54) is 25.7 Å². The molecule has 2 aliphatic heterocycles. The summed E-state index contributed by atoms with van der Waals surface area (Å²) >= 11 is 0. The number of nitrogens with one attached hydrogen (secondary N) is 2. The van der Waals surface area contributed by atoms with Gasteiger partial charge in [-0.1, -0.05) is 18.9 Å². The molecule has 0 unspecified atom stereocenters. The van der Waals surface area contributed by atoms with E-state index in [9.17, 15) is 4.79 Å². The van der Waals surface area contributed by atoms with Crippen LogP contribution >= 0.6 is 12.4 Å². The second kappa shape index (κ2) is 9.84. The number of rotatable bonds is 4. The average molecular weight is 353 g/mol. The zero-order chi connectivity index (χ0) is 15.9. The van der Waals surface area contributed by atoms with Gasteiger partial charge >= 0.3 is 0 Å². The lowest BCUT2D eigenvalue weighted by atomic mass is 9.97. The van der Waals surface area contributed by atoms with Crippen molar-refractivity contribution < 1.29 is 4.79 Å². The molecule has 1 amide bonds. The molecular weight excluding hydrogens is 324 g/mol. The lowest BCUT2D eigenvalue weighted by Gasteiger charge is -2.22.